The number of thiocarbonyl (C=S) groups is 1. The standard InChI is InChI=1S/C17H10BrFN2O2S2/c18-12-7-5-10(6-8-12)15(22)20-21-16(23)14(25-17(21)24)9-11-3-1-2-4-13(11)19/h1-9H,(H,20,22)/b14-9+. The molecule has 0 aromatic heterocycles. The number of carbonyl (C=O) groups is 2. The number of nitrogens with zero attached hydrogens (tertiary/aromatic N) is 1. The molecule has 2 aromatic rings. The third kappa shape index (κ3) is 3.97. The molecule has 0 atom stereocenters. The minimum atomic E-state index is -0.497. The summed E-state index contributed by atoms with van der Waals surface area (Å²) >= 11 is 9.44. The van der Waals surface area contributed by atoms with Gasteiger partial charge in [0.1, 0.15) is 5.82 Å². The summed E-state index contributed by atoms with van der Waals surface area (Å²) in [4.78, 5) is 25.0. The van der Waals surface area contributed by atoms with E-state index in [9.17, 15) is 14.0 Å². The van der Waals surface area contributed by atoms with Crippen molar-refractivity contribution in [3.8, 4) is 0 Å². The van der Waals surface area contributed by atoms with Gasteiger partial charge < -0.3 is 0 Å². The van der Waals surface area contributed by atoms with E-state index in [0.717, 1.165) is 21.2 Å². The molecule has 0 aliphatic carbocycles. The summed E-state index contributed by atoms with van der Waals surface area (Å²) in [5, 5.41) is 0.997. The van der Waals surface area contributed by atoms with Gasteiger partial charge in [-0.25, -0.2) is 4.39 Å². The Bertz CT molecular complexity index is 900. The van der Waals surface area contributed by atoms with Crippen molar-refractivity contribution in [3.05, 3.63) is 74.9 Å². The monoisotopic (exact) mass is 436 g/mol. The van der Waals surface area contributed by atoms with Crippen LogP contribution in [0.15, 0.2) is 57.9 Å². The van der Waals surface area contributed by atoms with Gasteiger partial charge in [-0.15, -0.1) is 0 Å². The highest BCUT2D eigenvalue weighted by molar-refractivity contribution is 9.10. The van der Waals surface area contributed by atoms with Crippen molar-refractivity contribution in [2.24, 2.45) is 0 Å². The second-order valence-electron chi connectivity index (χ2n) is 4.99. The van der Waals surface area contributed by atoms with Crippen molar-refractivity contribution >= 4 is 62.1 Å². The lowest BCUT2D eigenvalue weighted by molar-refractivity contribution is -0.123. The molecule has 0 unspecified atom stereocenters. The van der Waals surface area contributed by atoms with Crippen LogP contribution in [-0.4, -0.2) is 21.1 Å². The summed E-state index contributed by atoms with van der Waals surface area (Å²) in [6, 6.07) is 12.8. The lowest BCUT2D eigenvalue weighted by Gasteiger charge is -2.15. The highest BCUT2D eigenvalue weighted by Gasteiger charge is 2.33. The summed E-state index contributed by atoms with van der Waals surface area (Å²) in [6.45, 7) is 0. The van der Waals surface area contributed by atoms with E-state index in [-0.39, 0.29) is 14.8 Å². The van der Waals surface area contributed by atoms with Crippen LogP contribution in [0.5, 0.6) is 0 Å². The second kappa shape index (κ2) is 7.47. The fourth-order valence-corrected chi connectivity index (χ4v) is 3.50. The van der Waals surface area contributed by atoms with E-state index in [1.807, 2.05) is 0 Å². The zero-order chi connectivity index (χ0) is 18.0. The van der Waals surface area contributed by atoms with E-state index >= 15 is 0 Å². The van der Waals surface area contributed by atoms with Gasteiger partial charge >= 0.3 is 0 Å². The van der Waals surface area contributed by atoms with Crippen LogP contribution in [0.2, 0.25) is 0 Å². The average Bonchev–Trinajstić information content (AvgIpc) is 2.85. The van der Waals surface area contributed by atoms with E-state index in [0.29, 0.717) is 5.56 Å². The predicted molar refractivity (Wildman–Crippen MR) is 103 cm³/mol. The topological polar surface area (TPSA) is 49.4 Å². The summed E-state index contributed by atoms with van der Waals surface area (Å²) in [5.41, 5.74) is 3.14. The zero-order valence-corrected chi connectivity index (χ0v) is 15.8. The van der Waals surface area contributed by atoms with Crippen LogP contribution in [0.4, 0.5) is 4.39 Å². The molecule has 1 N–H and O–H groups in total. The normalized spacial score (nSPS) is 15.8. The van der Waals surface area contributed by atoms with Crippen LogP contribution in [0, 0.1) is 5.82 Å². The first kappa shape index (κ1) is 17.8. The highest BCUT2D eigenvalue weighted by atomic mass is 79.9. The molecule has 25 heavy (non-hydrogen) atoms. The maximum atomic E-state index is 13.7. The Morgan fingerprint density at radius 3 is 2.56 bits per heavy atom. The molecular formula is C17H10BrFN2O2S2. The molecular weight excluding hydrogens is 427 g/mol. The number of carbonyl (C=O) groups excluding carboxylic acids is 2. The lowest BCUT2D eigenvalue weighted by Crippen LogP contribution is -2.44. The van der Waals surface area contributed by atoms with Crippen LogP contribution >= 0.6 is 39.9 Å². The summed E-state index contributed by atoms with van der Waals surface area (Å²) in [5.74, 6) is -1.40. The number of nitrogens with one attached hydrogen (secondary N) is 1. The van der Waals surface area contributed by atoms with Gasteiger partial charge in [-0.05, 0) is 48.6 Å². The van der Waals surface area contributed by atoms with Crippen molar-refractivity contribution in [3.63, 3.8) is 0 Å². The minimum Gasteiger partial charge on any atom is -0.267 e. The molecule has 0 saturated carbocycles. The molecule has 8 heteroatoms. The van der Waals surface area contributed by atoms with E-state index < -0.39 is 17.6 Å². The van der Waals surface area contributed by atoms with Gasteiger partial charge in [0.05, 0.1) is 4.91 Å². The molecule has 1 aliphatic heterocycles. The molecule has 1 heterocycles. The van der Waals surface area contributed by atoms with Crippen molar-refractivity contribution in [1.29, 1.82) is 0 Å². The highest BCUT2D eigenvalue weighted by Crippen LogP contribution is 2.31. The number of halogens is 2. The first-order valence-corrected chi connectivity index (χ1v) is 9.06. The Labute approximate surface area is 161 Å². The van der Waals surface area contributed by atoms with E-state index in [2.05, 4.69) is 21.4 Å². The zero-order valence-electron chi connectivity index (χ0n) is 12.5. The first-order chi connectivity index (χ1) is 12.0. The smallest absolute Gasteiger partial charge is 0.267 e. The quantitative estimate of drug-likeness (QED) is 0.580. The lowest BCUT2D eigenvalue weighted by atomic mass is 10.2. The van der Waals surface area contributed by atoms with E-state index in [1.54, 1.807) is 42.5 Å². The Hall–Kier alpha value is -2.03. The Kier molecular flexibility index (Phi) is 5.31. The number of hydrazine groups is 1. The molecule has 1 saturated heterocycles. The average molecular weight is 437 g/mol. The molecule has 4 nitrogen and oxygen atoms in total. The van der Waals surface area contributed by atoms with Gasteiger partial charge in [-0.3, -0.25) is 15.0 Å². The summed E-state index contributed by atoms with van der Waals surface area (Å²) < 4.78 is 14.8. The van der Waals surface area contributed by atoms with Crippen LogP contribution < -0.4 is 5.43 Å². The van der Waals surface area contributed by atoms with E-state index in [4.69, 9.17) is 12.2 Å². The maximum absolute atomic E-state index is 13.7. The van der Waals surface area contributed by atoms with Crippen LogP contribution in [0.1, 0.15) is 15.9 Å². The second-order valence-corrected chi connectivity index (χ2v) is 7.58. The molecule has 3 rings (SSSR count). The van der Waals surface area contributed by atoms with Crippen molar-refractivity contribution < 1.29 is 14.0 Å². The number of rotatable bonds is 3. The Morgan fingerprint density at radius 2 is 1.88 bits per heavy atom. The first-order valence-electron chi connectivity index (χ1n) is 7.05. The number of benzene rings is 2. The molecule has 0 spiro atoms. The van der Waals surface area contributed by atoms with Gasteiger partial charge in [-0.2, -0.15) is 5.01 Å². The third-order valence-electron chi connectivity index (χ3n) is 3.31. The largest absolute Gasteiger partial charge is 0.285 e. The van der Waals surface area contributed by atoms with Crippen molar-refractivity contribution in [2.75, 3.05) is 0 Å². The Balaban J connectivity index is 1.79. The van der Waals surface area contributed by atoms with Gasteiger partial charge in [0, 0.05) is 15.6 Å². The van der Waals surface area contributed by atoms with Gasteiger partial charge in [0.2, 0.25) is 0 Å². The fourth-order valence-electron chi connectivity index (χ4n) is 2.06. The fraction of sp³-hybridized carbons (Fsp3) is 0. The maximum Gasteiger partial charge on any atom is 0.285 e. The molecule has 126 valence electrons. The molecule has 1 fully saturated rings. The van der Waals surface area contributed by atoms with Gasteiger partial charge in [0.15, 0.2) is 4.32 Å². The summed E-state index contributed by atoms with van der Waals surface area (Å²) in [7, 11) is 0. The van der Waals surface area contributed by atoms with Gasteiger partial charge in [0.25, 0.3) is 11.8 Å². The van der Waals surface area contributed by atoms with Crippen molar-refractivity contribution in [2.45, 2.75) is 0 Å². The van der Waals surface area contributed by atoms with Crippen LogP contribution in [0.25, 0.3) is 6.08 Å². The van der Waals surface area contributed by atoms with E-state index in [1.165, 1.54) is 12.1 Å². The van der Waals surface area contributed by atoms with Gasteiger partial charge in [-0.1, -0.05) is 45.9 Å². The SMILES string of the molecule is O=C(NN1C(=O)/C(=C\c2ccccc2F)SC1=S)c1ccc(Br)cc1. The molecule has 1 aliphatic rings. The van der Waals surface area contributed by atoms with Crippen molar-refractivity contribution in [1.82, 2.24) is 10.4 Å². The predicted octanol–water partition coefficient (Wildman–Crippen LogP) is 4.13. The molecule has 2 aromatic carbocycles. The van der Waals surface area contributed by atoms with Crippen LogP contribution in [-0.2, 0) is 4.79 Å². The number of hydrogen-bond donors (Lipinski definition) is 1. The Morgan fingerprint density at radius 1 is 1.20 bits per heavy atom. The minimum absolute atomic E-state index is 0.179. The number of thioether (sulfide) groups is 1. The molecule has 2 amide bonds. The number of hydrogen-bond acceptors (Lipinski definition) is 4. The van der Waals surface area contributed by atoms with Crippen LogP contribution in [0.3, 0.4) is 0 Å². The molecule has 0 radical (unpaired) electrons. The molecule has 0 bridgehead atoms. The number of amides is 2. The third-order valence-corrected chi connectivity index (χ3v) is 5.14. The summed E-state index contributed by atoms with van der Waals surface area (Å²) in [6.07, 6.45) is 1.42.